The summed E-state index contributed by atoms with van der Waals surface area (Å²) in [6, 6.07) is 6.71. The Labute approximate surface area is 157 Å². The molecule has 1 aromatic carbocycles. The predicted molar refractivity (Wildman–Crippen MR) is 92.7 cm³/mol. The third kappa shape index (κ3) is 5.96. The maximum atomic E-state index is 12.8. The number of pyridine rings is 1. The number of halogens is 5. The Hall–Kier alpha value is -2.19. The van der Waals surface area contributed by atoms with Crippen molar-refractivity contribution >= 4 is 34.9 Å². The van der Waals surface area contributed by atoms with E-state index < -0.39 is 17.6 Å². The molecule has 0 saturated heterocycles. The molecular formula is C16H14Cl2F3N3O2. The highest BCUT2D eigenvalue weighted by atomic mass is 35.5. The van der Waals surface area contributed by atoms with Crippen molar-refractivity contribution < 1.29 is 22.7 Å². The number of carbonyl (C=O) groups excluding carboxylic acids is 1. The van der Waals surface area contributed by atoms with Gasteiger partial charge >= 0.3 is 6.18 Å². The average molecular weight is 408 g/mol. The average Bonchev–Trinajstić information content (AvgIpc) is 2.59. The van der Waals surface area contributed by atoms with E-state index in [1.165, 1.54) is 24.4 Å². The van der Waals surface area contributed by atoms with Gasteiger partial charge in [0.25, 0.3) is 5.91 Å². The number of amides is 1. The number of rotatable bonds is 7. The van der Waals surface area contributed by atoms with Gasteiger partial charge in [0.2, 0.25) is 0 Å². The Kier molecular flexibility index (Phi) is 6.93. The lowest BCUT2D eigenvalue weighted by Crippen LogP contribution is -2.33. The number of ether oxygens (including phenoxy) is 1. The molecule has 0 saturated carbocycles. The maximum absolute atomic E-state index is 12.8. The molecule has 10 heteroatoms. The van der Waals surface area contributed by atoms with Crippen LogP contribution in [-0.2, 0) is 11.0 Å². The minimum Gasteiger partial charge on any atom is -0.482 e. The second kappa shape index (κ2) is 8.95. The molecule has 0 fully saturated rings. The van der Waals surface area contributed by atoms with Crippen molar-refractivity contribution in [1.29, 1.82) is 0 Å². The highest BCUT2D eigenvalue weighted by Crippen LogP contribution is 2.33. The molecule has 0 bridgehead atoms. The number of hydrogen-bond donors (Lipinski definition) is 2. The molecule has 0 spiro atoms. The number of nitrogens with one attached hydrogen (secondary N) is 2. The molecule has 2 rings (SSSR count). The third-order valence-corrected chi connectivity index (χ3v) is 3.65. The van der Waals surface area contributed by atoms with Gasteiger partial charge in [0.05, 0.1) is 10.6 Å². The quantitative estimate of drug-likeness (QED) is 0.680. The molecule has 0 unspecified atom stereocenters. The lowest BCUT2D eigenvalue weighted by molar-refractivity contribution is -0.137. The van der Waals surface area contributed by atoms with Crippen LogP contribution in [0.1, 0.15) is 5.56 Å². The summed E-state index contributed by atoms with van der Waals surface area (Å²) in [6.45, 7) is -0.166. The highest BCUT2D eigenvalue weighted by Gasteiger charge is 2.33. The largest absolute Gasteiger partial charge is 0.482 e. The number of aromatic nitrogens is 1. The summed E-state index contributed by atoms with van der Waals surface area (Å²) in [5, 5.41) is 5.76. The van der Waals surface area contributed by atoms with Gasteiger partial charge in [0.1, 0.15) is 11.6 Å². The van der Waals surface area contributed by atoms with E-state index in [0.29, 0.717) is 10.0 Å². The van der Waals surface area contributed by atoms with Gasteiger partial charge in [-0.3, -0.25) is 4.79 Å². The van der Waals surface area contributed by atoms with Gasteiger partial charge in [-0.15, -0.1) is 0 Å². The molecule has 1 amide bonds. The third-order valence-electron chi connectivity index (χ3n) is 3.10. The van der Waals surface area contributed by atoms with Crippen molar-refractivity contribution in [2.45, 2.75) is 6.18 Å². The fourth-order valence-corrected chi connectivity index (χ4v) is 2.27. The zero-order valence-electron chi connectivity index (χ0n) is 13.2. The second-order valence-electron chi connectivity index (χ2n) is 5.04. The summed E-state index contributed by atoms with van der Waals surface area (Å²) in [5.41, 5.74) is -0.870. The smallest absolute Gasteiger partial charge is 0.419 e. The molecule has 2 N–H and O–H groups in total. The summed E-state index contributed by atoms with van der Waals surface area (Å²) in [7, 11) is 0. The number of anilines is 1. The molecular weight excluding hydrogens is 394 g/mol. The van der Waals surface area contributed by atoms with E-state index in [-0.39, 0.29) is 31.3 Å². The Morgan fingerprint density at radius 3 is 2.69 bits per heavy atom. The fourth-order valence-electron chi connectivity index (χ4n) is 1.94. The van der Waals surface area contributed by atoms with Crippen molar-refractivity contribution in [1.82, 2.24) is 10.3 Å². The molecule has 0 aliphatic carbocycles. The van der Waals surface area contributed by atoms with Gasteiger partial charge in [-0.05, 0) is 24.3 Å². The van der Waals surface area contributed by atoms with Gasteiger partial charge in [-0.25, -0.2) is 4.98 Å². The first-order valence-electron chi connectivity index (χ1n) is 7.38. The molecule has 140 valence electrons. The monoisotopic (exact) mass is 407 g/mol. The summed E-state index contributed by atoms with van der Waals surface area (Å²) < 4.78 is 43.7. The number of alkyl halides is 3. The van der Waals surface area contributed by atoms with Gasteiger partial charge in [-0.2, -0.15) is 13.2 Å². The number of nitrogens with zero attached hydrogens (tertiary/aromatic N) is 1. The van der Waals surface area contributed by atoms with E-state index in [1.54, 1.807) is 6.07 Å². The van der Waals surface area contributed by atoms with E-state index in [4.69, 9.17) is 27.9 Å². The van der Waals surface area contributed by atoms with Crippen LogP contribution in [0, 0.1) is 0 Å². The lowest BCUT2D eigenvalue weighted by atomic mass is 10.2. The minimum atomic E-state index is -4.51. The first kappa shape index (κ1) is 20.1. The maximum Gasteiger partial charge on any atom is 0.419 e. The van der Waals surface area contributed by atoms with Gasteiger partial charge in [0.15, 0.2) is 6.61 Å². The van der Waals surface area contributed by atoms with Crippen molar-refractivity contribution in [3.05, 3.63) is 52.1 Å². The van der Waals surface area contributed by atoms with Crippen LogP contribution in [0.15, 0.2) is 36.5 Å². The van der Waals surface area contributed by atoms with Crippen LogP contribution < -0.4 is 15.4 Å². The van der Waals surface area contributed by atoms with Gasteiger partial charge < -0.3 is 15.4 Å². The second-order valence-corrected chi connectivity index (χ2v) is 5.88. The standard InChI is InChI=1S/C16H14Cl2F3N3O2/c17-10-3-4-12(18)13(8-10)26-9-14(25)22-6-7-24-15-11(16(19,20)21)2-1-5-23-15/h1-5,8H,6-7,9H2,(H,22,25)(H,23,24). The molecule has 1 aromatic heterocycles. The molecule has 0 atom stereocenters. The summed E-state index contributed by atoms with van der Waals surface area (Å²) >= 11 is 11.7. The summed E-state index contributed by atoms with van der Waals surface area (Å²) in [6.07, 6.45) is -3.26. The van der Waals surface area contributed by atoms with Crippen LogP contribution in [0.3, 0.4) is 0 Å². The molecule has 0 aliphatic heterocycles. The first-order chi connectivity index (χ1) is 12.3. The van der Waals surface area contributed by atoms with Crippen LogP contribution in [0.5, 0.6) is 5.75 Å². The van der Waals surface area contributed by atoms with E-state index >= 15 is 0 Å². The van der Waals surface area contributed by atoms with Crippen LogP contribution in [-0.4, -0.2) is 30.6 Å². The molecule has 5 nitrogen and oxygen atoms in total. The van der Waals surface area contributed by atoms with Gasteiger partial charge in [-0.1, -0.05) is 23.2 Å². The Bertz CT molecular complexity index is 773. The van der Waals surface area contributed by atoms with Crippen molar-refractivity contribution in [3.8, 4) is 5.75 Å². The molecule has 26 heavy (non-hydrogen) atoms. The Morgan fingerprint density at radius 1 is 1.19 bits per heavy atom. The van der Waals surface area contributed by atoms with Crippen molar-refractivity contribution in [2.75, 3.05) is 25.0 Å². The van der Waals surface area contributed by atoms with Crippen LogP contribution in [0.4, 0.5) is 19.0 Å². The van der Waals surface area contributed by atoms with E-state index in [2.05, 4.69) is 15.6 Å². The number of benzene rings is 1. The SMILES string of the molecule is O=C(COc1cc(Cl)ccc1Cl)NCCNc1ncccc1C(F)(F)F. The minimum absolute atomic E-state index is 0.0593. The molecule has 0 aliphatic rings. The number of carbonyl (C=O) groups is 1. The molecule has 2 aromatic rings. The van der Waals surface area contributed by atoms with Crippen molar-refractivity contribution in [2.24, 2.45) is 0 Å². The van der Waals surface area contributed by atoms with E-state index in [1.807, 2.05) is 0 Å². The predicted octanol–water partition coefficient (Wildman–Crippen LogP) is 4.01. The van der Waals surface area contributed by atoms with E-state index in [9.17, 15) is 18.0 Å². The van der Waals surface area contributed by atoms with Gasteiger partial charge in [0, 0.05) is 30.4 Å². The summed E-state index contributed by atoms with van der Waals surface area (Å²) in [5.74, 6) is -0.494. The van der Waals surface area contributed by atoms with Crippen LogP contribution >= 0.6 is 23.2 Å². The highest BCUT2D eigenvalue weighted by molar-refractivity contribution is 6.34. The Morgan fingerprint density at radius 2 is 1.96 bits per heavy atom. The summed E-state index contributed by atoms with van der Waals surface area (Å²) in [4.78, 5) is 15.4. The first-order valence-corrected chi connectivity index (χ1v) is 8.13. The molecule has 0 radical (unpaired) electrons. The van der Waals surface area contributed by atoms with Crippen LogP contribution in [0.25, 0.3) is 0 Å². The zero-order valence-corrected chi connectivity index (χ0v) is 14.8. The number of hydrogen-bond acceptors (Lipinski definition) is 4. The molecule has 1 heterocycles. The van der Waals surface area contributed by atoms with Crippen LogP contribution in [0.2, 0.25) is 10.0 Å². The van der Waals surface area contributed by atoms with E-state index in [0.717, 1.165) is 6.07 Å². The lowest BCUT2D eigenvalue weighted by Gasteiger charge is -2.13. The fraction of sp³-hybridized carbons (Fsp3) is 0.250. The Balaban J connectivity index is 1.77. The van der Waals surface area contributed by atoms with Crippen molar-refractivity contribution in [3.63, 3.8) is 0 Å². The topological polar surface area (TPSA) is 63.2 Å². The normalized spacial score (nSPS) is 11.1. The zero-order chi connectivity index (χ0) is 19.2.